The van der Waals surface area contributed by atoms with Crippen LogP contribution in [0.15, 0.2) is 42.5 Å². The van der Waals surface area contributed by atoms with E-state index in [9.17, 15) is 4.79 Å². The standard InChI is InChI=1S/C15H16N2O/c1-2-10-3-5-11(6-4-10)15(18)12-7-13(16)9-14(17)8-12/h3-9H,2,16-17H2,1H3. The fourth-order valence-corrected chi connectivity index (χ4v) is 1.87. The van der Waals surface area contributed by atoms with Gasteiger partial charge in [-0.2, -0.15) is 0 Å². The van der Waals surface area contributed by atoms with E-state index in [0.29, 0.717) is 22.5 Å². The van der Waals surface area contributed by atoms with E-state index < -0.39 is 0 Å². The highest BCUT2D eigenvalue weighted by molar-refractivity contribution is 6.09. The molecule has 18 heavy (non-hydrogen) atoms. The Hall–Kier alpha value is -2.29. The summed E-state index contributed by atoms with van der Waals surface area (Å²) in [5.41, 5.74) is 14.8. The molecular formula is C15H16N2O. The molecule has 4 N–H and O–H groups in total. The number of anilines is 2. The summed E-state index contributed by atoms with van der Waals surface area (Å²) < 4.78 is 0. The van der Waals surface area contributed by atoms with Gasteiger partial charge in [0, 0.05) is 22.5 Å². The highest BCUT2D eigenvalue weighted by atomic mass is 16.1. The van der Waals surface area contributed by atoms with E-state index in [-0.39, 0.29) is 5.78 Å². The average Bonchev–Trinajstić information content (AvgIpc) is 2.37. The Morgan fingerprint density at radius 2 is 1.50 bits per heavy atom. The van der Waals surface area contributed by atoms with Gasteiger partial charge < -0.3 is 11.5 Å². The van der Waals surface area contributed by atoms with Crippen LogP contribution >= 0.6 is 0 Å². The van der Waals surface area contributed by atoms with Crippen molar-refractivity contribution in [1.29, 1.82) is 0 Å². The molecule has 92 valence electrons. The van der Waals surface area contributed by atoms with Crippen LogP contribution in [0.2, 0.25) is 0 Å². The summed E-state index contributed by atoms with van der Waals surface area (Å²) >= 11 is 0. The molecule has 0 aromatic heterocycles. The maximum Gasteiger partial charge on any atom is 0.193 e. The molecular weight excluding hydrogens is 224 g/mol. The minimum absolute atomic E-state index is 0.0587. The lowest BCUT2D eigenvalue weighted by Gasteiger charge is -2.05. The average molecular weight is 240 g/mol. The van der Waals surface area contributed by atoms with E-state index in [1.54, 1.807) is 18.2 Å². The molecule has 0 aliphatic rings. The van der Waals surface area contributed by atoms with Crippen molar-refractivity contribution in [3.05, 3.63) is 59.2 Å². The quantitative estimate of drug-likeness (QED) is 0.640. The number of hydrogen-bond acceptors (Lipinski definition) is 3. The molecule has 0 saturated heterocycles. The Bertz CT molecular complexity index is 553. The maximum absolute atomic E-state index is 12.2. The minimum Gasteiger partial charge on any atom is -0.399 e. The number of rotatable bonds is 3. The highest BCUT2D eigenvalue weighted by Crippen LogP contribution is 2.17. The summed E-state index contributed by atoms with van der Waals surface area (Å²) in [6.07, 6.45) is 0.958. The summed E-state index contributed by atoms with van der Waals surface area (Å²) in [7, 11) is 0. The molecule has 0 aliphatic carbocycles. The lowest BCUT2D eigenvalue weighted by Crippen LogP contribution is -2.03. The number of carbonyl (C=O) groups excluding carboxylic acids is 1. The fourth-order valence-electron chi connectivity index (χ4n) is 1.87. The largest absolute Gasteiger partial charge is 0.399 e. The third kappa shape index (κ3) is 2.51. The van der Waals surface area contributed by atoms with Crippen LogP contribution in [0, 0.1) is 0 Å². The second kappa shape index (κ2) is 4.92. The van der Waals surface area contributed by atoms with Crippen molar-refractivity contribution >= 4 is 17.2 Å². The van der Waals surface area contributed by atoms with Crippen molar-refractivity contribution in [2.45, 2.75) is 13.3 Å². The lowest BCUT2D eigenvalue weighted by atomic mass is 10.0. The summed E-state index contributed by atoms with van der Waals surface area (Å²) in [5.74, 6) is -0.0587. The normalized spacial score (nSPS) is 10.3. The molecule has 0 saturated carbocycles. The highest BCUT2D eigenvalue weighted by Gasteiger charge is 2.10. The topological polar surface area (TPSA) is 69.1 Å². The Labute approximate surface area is 106 Å². The third-order valence-electron chi connectivity index (χ3n) is 2.86. The van der Waals surface area contributed by atoms with Gasteiger partial charge in [0.2, 0.25) is 0 Å². The number of hydrogen-bond donors (Lipinski definition) is 2. The SMILES string of the molecule is CCc1ccc(C(=O)c2cc(N)cc(N)c2)cc1. The van der Waals surface area contributed by atoms with E-state index >= 15 is 0 Å². The number of aryl methyl sites for hydroxylation is 1. The van der Waals surface area contributed by atoms with Crippen molar-refractivity contribution in [3.8, 4) is 0 Å². The molecule has 0 fully saturated rings. The summed E-state index contributed by atoms with van der Waals surface area (Å²) in [6.45, 7) is 2.08. The van der Waals surface area contributed by atoms with Crippen LogP contribution in [0.4, 0.5) is 11.4 Å². The molecule has 0 radical (unpaired) electrons. The molecule has 0 heterocycles. The van der Waals surface area contributed by atoms with Crippen LogP contribution in [0.1, 0.15) is 28.4 Å². The molecule has 3 nitrogen and oxygen atoms in total. The van der Waals surface area contributed by atoms with E-state index in [1.807, 2.05) is 24.3 Å². The van der Waals surface area contributed by atoms with Crippen molar-refractivity contribution in [2.75, 3.05) is 11.5 Å². The molecule has 0 unspecified atom stereocenters. The first kappa shape index (κ1) is 12.2. The summed E-state index contributed by atoms with van der Waals surface area (Å²) in [6, 6.07) is 12.5. The molecule has 2 aromatic carbocycles. The lowest BCUT2D eigenvalue weighted by molar-refractivity contribution is 0.103. The van der Waals surface area contributed by atoms with Crippen LogP contribution in [0.25, 0.3) is 0 Å². The molecule has 0 spiro atoms. The first-order valence-electron chi connectivity index (χ1n) is 5.90. The molecule has 0 aliphatic heterocycles. The first-order chi connectivity index (χ1) is 8.60. The van der Waals surface area contributed by atoms with Crippen LogP contribution in [0.3, 0.4) is 0 Å². The van der Waals surface area contributed by atoms with E-state index in [0.717, 1.165) is 6.42 Å². The van der Waals surface area contributed by atoms with Crippen molar-refractivity contribution in [3.63, 3.8) is 0 Å². The second-order valence-corrected chi connectivity index (χ2v) is 4.27. The number of benzene rings is 2. The monoisotopic (exact) mass is 240 g/mol. The van der Waals surface area contributed by atoms with Gasteiger partial charge in [-0.1, -0.05) is 31.2 Å². The van der Waals surface area contributed by atoms with Crippen LogP contribution < -0.4 is 11.5 Å². The Morgan fingerprint density at radius 1 is 0.944 bits per heavy atom. The van der Waals surface area contributed by atoms with Gasteiger partial charge in [-0.15, -0.1) is 0 Å². The first-order valence-corrected chi connectivity index (χ1v) is 5.90. The van der Waals surface area contributed by atoms with Crippen molar-refractivity contribution in [2.24, 2.45) is 0 Å². The smallest absolute Gasteiger partial charge is 0.193 e. The zero-order valence-electron chi connectivity index (χ0n) is 10.3. The van der Waals surface area contributed by atoms with E-state index in [2.05, 4.69) is 6.92 Å². The Balaban J connectivity index is 2.34. The summed E-state index contributed by atoms with van der Waals surface area (Å²) in [5, 5.41) is 0. The predicted molar refractivity (Wildman–Crippen MR) is 74.5 cm³/mol. The van der Waals surface area contributed by atoms with Gasteiger partial charge in [0.25, 0.3) is 0 Å². The van der Waals surface area contributed by atoms with Gasteiger partial charge in [0.1, 0.15) is 0 Å². The number of nitrogens with two attached hydrogens (primary N) is 2. The van der Waals surface area contributed by atoms with Crippen LogP contribution in [-0.4, -0.2) is 5.78 Å². The predicted octanol–water partition coefficient (Wildman–Crippen LogP) is 2.64. The van der Waals surface area contributed by atoms with E-state index in [4.69, 9.17) is 11.5 Å². The molecule has 2 rings (SSSR count). The number of nitrogen functional groups attached to an aromatic ring is 2. The van der Waals surface area contributed by atoms with Crippen molar-refractivity contribution in [1.82, 2.24) is 0 Å². The van der Waals surface area contributed by atoms with Crippen molar-refractivity contribution < 1.29 is 4.79 Å². The Morgan fingerprint density at radius 3 is 2.00 bits per heavy atom. The molecule has 0 atom stereocenters. The van der Waals surface area contributed by atoms with Gasteiger partial charge in [-0.25, -0.2) is 0 Å². The van der Waals surface area contributed by atoms with Crippen LogP contribution in [-0.2, 0) is 6.42 Å². The van der Waals surface area contributed by atoms with Gasteiger partial charge in [0.15, 0.2) is 5.78 Å². The molecule has 3 heteroatoms. The fraction of sp³-hybridized carbons (Fsp3) is 0.133. The summed E-state index contributed by atoms with van der Waals surface area (Å²) in [4.78, 5) is 12.2. The van der Waals surface area contributed by atoms with Gasteiger partial charge in [-0.3, -0.25) is 4.79 Å². The maximum atomic E-state index is 12.2. The number of carbonyl (C=O) groups is 1. The van der Waals surface area contributed by atoms with Gasteiger partial charge in [-0.05, 0) is 30.2 Å². The molecule has 0 amide bonds. The molecule has 2 aromatic rings. The zero-order chi connectivity index (χ0) is 13.1. The van der Waals surface area contributed by atoms with Gasteiger partial charge in [0.05, 0.1) is 0 Å². The second-order valence-electron chi connectivity index (χ2n) is 4.27. The third-order valence-corrected chi connectivity index (χ3v) is 2.86. The Kier molecular flexibility index (Phi) is 3.33. The zero-order valence-corrected chi connectivity index (χ0v) is 10.3. The molecule has 0 bridgehead atoms. The number of ketones is 1. The van der Waals surface area contributed by atoms with Crippen LogP contribution in [0.5, 0.6) is 0 Å². The van der Waals surface area contributed by atoms with Gasteiger partial charge >= 0.3 is 0 Å². The minimum atomic E-state index is -0.0587. The van der Waals surface area contributed by atoms with E-state index in [1.165, 1.54) is 5.56 Å².